The van der Waals surface area contributed by atoms with Crippen LogP contribution in [0.2, 0.25) is 0 Å². The fourth-order valence-electron chi connectivity index (χ4n) is 2.62. The number of anilines is 1. The van der Waals surface area contributed by atoms with Gasteiger partial charge in [-0.05, 0) is 36.2 Å². The van der Waals surface area contributed by atoms with Gasteiger partial charge in [0, 0.05) is 41.5 Å². The maximum Gasteiger partial charge on any atom is 0.136 e. The molecule has 3 rings (SSSR count). The molecule has 0 saturated carbocycles. The summed E-state index contributed by atoms with van der Waals surface area (Å²) in [5.74, 6) is 0.874. The summed E-state index contributed by atoms with van der Waals surface area (Å²) in [6, 6.07) is 7.10. The Bertz CT molecular complexity index is 639. The third kappa shape index (κ3) is 2.54. The van der Waals surface area contributed by atoms with E-state index in [1.807, 2.05) is 6.07 Å². The highest BCUT2D eigenvalue weighted by atomic mass is 32.2. The van der Waals surface area contributed by atoms with E-state index in [0.717, 1.165) is 49.2 Å². The van der Waals surface area contributed by atoms with Gasteiger partial charge in [-0.3, -0.25) is 4.21 Å². The molecule has 0 aliphatic carbocycles. The lowest BCUT2D eigenvalue weighted by Gasteiger charge is -2.23. The lowest BCUT2D eigenvalue weighted by atomic mass is 10.1. The van der Waals surface area contributed by atoms with Gasteiger partial charge in [-0.2, -0.15) is 0 Å². The van der Waals surface area contributed by atoms with E-state index in [1.165, 1.54) is 0 Å². The summed E-state index contributed by atoms with van der Waals surface area (Å²) in [5, 5.41) is 4.99. The number of benzene rings is 1. The van der Waals surface area contributed by atoms with Crippen molar-refractivity contribution in [1.82, 2.24) is 10.3 Å². The van der Waals surface area contributed by atoms with Gasteiger partial charge in [0.15, 0.2) is 0 Å². The summed E-state index contributed by atoms with van der Waals surface area (Å²) < 4.78 is 22.6. The van der Waals surface area contributed by atoms with Crippen molar-refractivity contribution in [3.63, 3.8) is 0 Å². The summed E-state index contributed by atoms with van der Waals surface area (Å²) in [4.78, 5) is 7.02. The molecule has 1 unspecified atom stereocenters. The Labute approximate surface area is 120 Å². The van der Waals surface area contributed by atoms with E-state index in [2.05, 4.69) is 15.2 Å². The summed E-state index contributed by atoms with van der Waals surface area (Å²) >= 11 is -2.23. The van der Waals surface area contributed by atoms with Gasteiger partial charge in [-0.1, -0.05) is 12.1 Å². The molecule has 6 heteroatoms. The molecule has 2 aromatic rings. The van der Waals surface area contributed by atoms with Crippen LogP contribution in [0.1, 0.15) is 6.42 Å². The highest BCUT2D eigenvalue weighted by Gasteiger charge is 2.14. The van der Waals surface area contributed by atoms with Crippen LogP contribution < -0.4 is 10.2 Å². The lowest BCUT2D eigenvalue weighted by molar-refractivity contribution is 0.538. The maximum absolute atomic E-state index is 11.3. The van der Waals surface area contributed by atoms with E-state index in [-0.39, 0.29) is 0 Å². The Kier molecular flexibility index (Phi) is 3.95. The molecule has 0 radical (unpaired) electrons. The number of aromatic nitrogens is 1. The molecule has 20 heavy (non-hydrogen) atoms. The van der Waals surface area contributed by atoms with E-state index >= 15 is 0 Å². The highest BCUT2D eigenvalue weighted by molar-refractivity contribution is 7.79. The zero-order chi connectivity index (χ0) is 13.9. The highest BCUT2D eigenvalue weighted by Crippen LogP contribution is 2.28. The van der Waals surface area contributed by atoms with Gasteiger partial charge in [0.25, 0.3) is 0 Å². The van der Waals surface area contributed by atoms with Crippen molar-refractivity contribution in [1.29, 1.82) is 0 Å². The Morgan fingerprint density at radius 3 is 2.95 bits per heavy atom. The molecule has 2 heterocycles. The van der Waals surface area contributed by atoms with Crippen LogP contribution in [0.4, 0.5) is 5.82 Å². The Morgan fingerprint density at radius 2 is 2.10 bits per heavy atom. The van der Waals surface area contributed by atoms with Gasteiger partial charge in [0.2, 0.25) is 0 Å². The third-order valence-electron chi connectivity index (χ3n) is 3.56. The second kappa shape index (κ2) is 5.87. The smallest absolute Gasteiger partial charge is 0.136 e. The molecular weight excluding hydrogens is 274 g/mol. The van der Waals surface area contributed by atoms with Crippen molar-refractivity contribution < 1.29 is 8.76 Å². The Morgan fingerprint density at radius 1 is 1.20 bits per heavy atom. The molecule has 1 aliphatic rings. The van der Waals surface area contributed by atoms with Crippen LogP contribution in [-0.4, -0.2) is 39.9 Å². The van der Waals surface area contributed by atoms with Crippen LogP contribution in [0.15, 0.2) is 35.4 Å². The van der Waals surface area contributed by atoms with Gasteiger partial charge in [-0.15, -0.1) is 0 Å². The monoisotopic (exact) mass is 290 g/mol. The summed E-state index contributed by atoms with van der Waals surface area (Å²) in [6.45, 7) is 3.75. The molecule has 1 aromatic heterocycles. The second-order valence-corrected chi connectivity index (χ2v) is 5.72. The molecule has 0 amide bonds. The molecule has 106 valence electrons. The molecule has 1 aliphatic heterocycles. The third-order valence-corrected chi connectivity index (χ3v) is 4.28. The van der Waals surface area contributed by atoms with Crippen LogP contribution in [0.3, 0.4) is 0 Å². The van der Waals surface area contributed by atoms with Crippen molar-refractivity contribution in [3.8, 4) is 0 Å². The molecular formula is C14H16N3O2S-. The predicted molar refractivity (Wildman–Crippen MR) is 78.6 cm³/mol. The first-order chi connectivity index (χ1) is 9.77. The molecule has 5 nitrogen and oxygen atoms in total. The van der Waals surface area contributed by atoms with E-state index < -0.39 is 11.1 Å². The first-order valence-corrected chi connectivity index (χ1v) is 7.77. The van der Waals surface area contributed by atoms with Crippen LogP contribution in [-0.2, 0) is 11.1 Å². The number of rotatable bonds is 2. The first kappa shape index (κ1) is 13.5. The van der Waals surface area contributed by atoms with Crippen LogP contribution in [0.5, 0.6) is 0 Å². The zero-order valence-corrected chi connectivity index (χ0v) is 11.9. The molecule has 1 fully saturated rings. The van der Waals surface area contributed by atoms with E-state index in [0.29, 0.717) is 4.90 Å². The molecule has 0 spiro atoms. The average molecular weight is 290 g/mol. The normalized spacial score (nSPS) is 17.9. The van der Waals surface area contributed by atoms with Crippen LogP contribution in [0.25, 0.3) is 10.8 Å². The quantitative estimate of drug-likeness (QED) is 0.844. The van der Waals surface area contributed by atoms with Crippen molar-refractivity contribution in [2.75, 3.05) is 31.1 Å². The SMILES string of the molecule is O=S([O-])c1cccc2c(N3CCCNCC3)nccc12. The summed E-state index contributed by atoms with van der Waals surface area (Å²) in [6.07, 6.45) is 2.75. The van der Waals surface area contributed by atoms with Crippen LogP contribution >= 0.6 is 0 Å². The fourth-order valence-corrected chi connectivity index (χ4v) is 3.16. The van der Waals surface area contributed by atoms with Crippen molar-refractivity contribution in [2.24, 2.45) is 0 Å². The standard InChI is InChI=1S/C14H17N3O2S/c18-20(19)13-4-1-3-12-11(13)5-7-16-14(12)17-9-2-6-15-8-10-17/h1,3-5,7,15H,2,6,8-10H2,(H,18,19)/p-1. The van der Waals surface area contributed by atoms with E-state index in [4.69, 9.17) is 0 Å². The van der Waals surface area contributed by atoms with E-state index in [9.17, 15) is 8.76 Å². The second-order valence-electron chi connectivity index (χ2n) is 4.81. The summed E-state index contributed by atoms with van der Waals surface area (Å²) in [7, 11) is 0. The van der Waals surface area contributed by atoms with Gasteiger partial charge >= 0.3 is 0 Å². The van der Waals surface area contributed by atoms with Gasteiger partial charge in [0.1, 0.15) is 5.82 Å². The Hall–Kier alpha value is -1.50. The minimum absolute atomic E-state index is 0.332. The number of nitrogens with one attached hydrogen (secondary N) is 1. The molecule has 1 N–H and O–H groups in total. The van der Waals surface area contributed by atoms with Crippen LogP contribution in [0, 0.1) is 0 Å². The molecule has 1 atom stereocenters. The van der Waals surface area contributed by atoms with Crippen molar-refractivity contribution in [3.05, 3.63) is 30.5 Å². The average Bonchev–Trinajstić information content (AvgIpc) is 2.74. The van der Waals surface area contributed by atoms with E-state index in [1.54, 1.807) is 24.4 Å². The predicted octanol–water partition coefficient (Wildman–Crippen LogP) is 1.27. The fraction of sp³-hybridized carbons (Fsp3) is 0.357. The number of nitrogens with zero attached hydrogens (tertiary/aromatic N) is 2. The van der Waals surface area contributed by atoms with Gasteiger partial charge < -0.3 is 14.8 Å². The summed E-state index contributed by atoms with van der Waals surface area (Å²) in [5.41, 5.74) is 0. The number of hydrogen-bond acceptors (Lipinski definition) is 5. The topological polar surface area (TPSA) is 68.3 Å². The van der Waals surface area contributed by atoms with Gasteiger partial charge in [-0.25, -0.2) is 4.98 Å². The number of hydrogen-bond donors (Lipinski definition) is 1. The molecule has 1 aromatic carbocycles. The largest absolute Gasteiger partial charge is 0.768 e. The first-order valence-electron chi connectivity index (χ1n) is 6.70. The number of pyridine rings is 1. The number of fused-ring (bicyclic) bond motifs is 1. The van der Waals surface area contributed by atoms with Crippen molar-refractivity contribution >= 4 is 27.7 Å². The Balaban J connectivity index is 2.11. The molecule has 0 bridgehead atoms. The van der Waals surface area contributed by atoms with Crippen molar-refractivity contribution in [2.45, 2.75) is 11.3 Å². The molecule has 1 saturated heterocycles. The maximum atomic E-state index is 11.3. The zero-order valence-electron chi connectivity index (χ0n) is 11.0. The minimum Gasteiger partial charge on any atom is -0.768 e. The van der Waals surface area contributed by atoms with Gasteiger partial charge in [0.05, 0.1) is 0 Å². The lowest BCUT2D eigenvalue weighted by Crippen LogP contribution is -2.28. The minimum atomic E-state index is -2.23.